The Morgan fingerprint density at radius 2 is 2.15 bits per heavy atom. The molecule has 13 heavy (non-hydrogen) atoms. The van der Waals surface area contributed by atoms with Crippen LogP contribution in [0.2, 0.25) is 0 Å². The van der Waals surface area contributed by atoms with Crippen molar-refractivity contribution in [2.45, 2.75) is 45.6 Å². The highest BCUT2D eigenvalue weighted by atomic mass is 16.5. The Labute approximate surface area is 80.4 Å². The SMILES string of the molecule is CC(=CC[NH2+][O-])CCCC(C)(C)O. The second-order valence-electron chi connectivity index (χ2n) is 4.12. The van der Waals surface area contributed by atoms with Gasteiger partial charge in [0.15, 0.2) is 0 Å². The Kier molecular flexibility index (Phi) is 5.95. The first-order valence-corrected chi connectivity index (χ1v) is 4.77. The minimum atomic E-state index is -0.565. The Morgan fingerprint density at radius 1 is 1.54 bits per heavy atom. The topological polar surface area (TPSA) is 59.9 Å². The van der Waals surface area contributed by atoms with Gasteiger partial charge in [-0.15, -0.1) is 0 Å². The van der Waals surface area contributed by atoms with E-state index in [9.17, 15) is 10.3 Å². The van der Waals surface area contributed by atoms with Gasteiger partial charge in [-0.05, 0) is 46.1 Å². The molecule has 3 heteroatoms. The molecule has 0 aliphatic heterocycles. The molecule has 0 unspecified atom stereocenters. The number of quaternary nitrogens is 1. The summed E-state index contributed by atoms with van der Waals surface area (Å²) in [5.41, 5.74) is 1.57. The Morgan fingerprint density at radius 3 is 2.62 bits per heavy atom. The lowest BCUT2D eigenvalue weighted by molar-refractivity contribution is -0.578. The van der Waals surface area contributed by atoms with Gasteiger partial charge in [-0.3, -0.25) is 0 Å². The molecule has 0 heterocycles. The third-order valence-electron chi connectivity index (χ3n) is 1.92. The van der Waals surface area contributed by atoms with Crippen LogP contribution >= 0.6 is 0 Å². The van der Waals surface area contributed by atoms with E-state index >= 15 is 0 Å². The molecule has 0 aromatic heterocycles. The summed E-state index contributed by atoms with van der Waals surface area (Å²) in [5.74, 6) is 0. The predicted molar refractivity (Wildman–Crippen MR) is 54.1 cm³/mol. The van der Waals surface area contributed by atoms with Crippen LogP contribution in [0.15, 0.2) is 11.6 Å². The summed E-state index contributed by atoms with van der Waals surface area (Å²) in [7, 11) is 0. The van der Waals surface area contributed by atoms with Crippen molar-refractivity contribution in [2.24, 2.45) is 0 Å². The number of rotatable bonds is 6. The van der Waals surface area contributed by atoms with Crippen molar-refractivity contribution < 1.29 is 10.6 Å². The van der Waals surface area contributed by atoms with Gasteiger partial charge in [0.1, 0.15) is 0 Å². The van der Waals surface area contributed by atoms with Crippen molar-refractivity contribution in [1.29, 1.82) is 0 Å². The zero-order chi connectivity index (χ0) is 10.3. The van der Waals surface area contributed by atoms with Crippen LogP contribution in [-0.2, 0) is 0 Å². The van der Waals surface area contributed by atoms with E-state index in [4.69, 9.17) is 0 Å². The molecule has 0 spiro atoms. The Bertz CT molecular complexity index is 159. The smallest absolute Gasteiger partial charge is 0.0942 e. The lowest BCUT2D eigenvalue weighted by atomic mass is 9.99. The molecule has 0 bridgehead atoms. The molecule has 0 amide bonds. The summed E-state index contributed by atoms with van der Waals surface area (Å²) in [6.07, 6.45) is 4.69. The van der Waals surface area contributed by atoms with Crippen molar-refractivity contribution >= 4 is 0 Å². The number of aliphatic hydroxyl groups is 1. The van der Waals surface area contributed by atoms with Crippen LogP contribution in [0, 0.1) is 5.21 Å². The van der Waals surface area contributed by atoms with Crippen molar-refractivity contribution in [2.75, 3.05) is 6.54 Å². The molecule has 0 rings (SSSR count). The molecular weight excluding hydrogens is 166 g/mol. The maximum Gasteiger partial charge on any atom is 0.0942 e. The van der Waals surface area contributed by atoms with E-state index in [1.165, 1.54) is 5.57 Å². The lowest BCUT2D eigenvalue weighted by Gasteiger charge is -2.16. The largest absolute Gasteiger partial charge is 0.636 e. The van der Waals surface area contributed by atoms with E-state index in [1.54, 1.807) is 0 Å². The fourth-order valence-corrected chi connectivity index (χ4v) is 1.15. The van der Waals surface area contributed by atoms with E-state index < -0.39 is 5.60 Å². The van der Waals surface area contributed by atoms with Gasteiger partial charge in [0.25, 0.3) is 0 Å². The molecule has 0 saturated carbocycles. The maximum absolute atomic E-state index is 10.1. The first kappa shape index (κ1) is 12.6. The van der Waals surface area contributed by atoms with Gasteiger partial charge in [0.2, 0.25) is 0 Å². The van der Waals surface area contributed by atoms with Crippen LogP contribution in [0.1, 0.15) is 40.0 Å². The quantitative estimate of drug-likeness (QED) is 0.480. The van der Waals surface area contributed by atoms with Gasteiger partial charge in [-0.1, -0.05) is 5.57 Å². The molecule has 0 aliphatic carbocycles. The van der Waals surface area contributed by atoms with E-state index in [1.807, 2.05) is 26.8 Å². The molecule has 0 aliphatic rings. The lowest BCUT2D eigenvalue weighted by Crippen LogP contribution is -2.76. The van der Waals surface area contributed by atoms with Gasteiger partial charge in [-0.25, -0.2) is 0 Å². The highest BCUT2D eigenvalue weighted by Crippen LogP contribution is 2.14. The maximum atomic E-state index is 10.1. The standard InChI is InChI=1S/C10H21NO2/c1-9(6-8-11-13)5-4-7-10(2,3)12/h6,12H,4-5,7-8,11H2,1-3H3. The summed E-state index contributed by atoms with van der Waals surface area (Å²) in [6.45, 7) is 6.16. The highest BCUT2D eigenvalue weighted by molar-refractivity contribution is 4.97. The number of nitrogens with two attached hydrogens (primary N) is 1. The van der Waals surface area contributed by atoms with Crippen molar-refractivity contribution in [3.8, 4) is 0 Å². The molecule has 0 aromatic carbocycles. The highest BCUT2D eigenvalue weighted by Gasteiger charge is 2.10. The molecule has 3 N–H and O–H groups in total. The molecule has 78 valence electrons. The first-order valence-electron chi connectivity index (χ1n) is 4.77. The van der Waals surface area contributed by atoms with Gasteiger partial charge in [0, 0.05) is 0 Å². The van der Waals surface area contributed by atoms with E-state index in [0.717, 1.165) is 24.7 Å². The van der Waals surface area contributed by atoms with Crippen LogP contribution in [0.4, 0.5) is 0 Å². The van der Waals surface area contributed by atoms with Crippen molar-refractivity contribution in [3.05, 3.63) is 16.9 Å². The number of allylic oxidation sites excluding steroid dienone is 1. The molecule has 0 saturated heterocycles. The number of hydrogen-bond acceptors (Lipinski definition) is 2. The van der Waals surface area contributed by atoms with Gasteiger partial charge in [0.05, 0.1) is 12.1 Å². The second kappa shape index (κ2) is 6.13. The number of hydrogen-bond donors (Lipinski definition) is 2. The van der Waals surface area contributed by atoms with Crippen LogP contribution in [-0.4, -0.2) is 17.3 Å². The zero-order valence-corrected chi connectivity index (χ0v) is 8.84. The van der Waals surface area contributed by atoms with Gasteiger partial charge < -0.3 is 15.8 Å². The minimum absolute atomic E-state index is 0.508. The normalized spacial score (nSPS) is 13.5. The van der Waals surface area contributed by atoms with Gasteiger partial charge in [-0.2, -0.15) is 0 Å². The summed E-state index contributed by atoms with van der Waals surface area (Å²) in [6, 6.07) is 0. The molecule has 0 aromatic rings. The fraction of sp³-hybridized carbons (Fsp3) is 0.800. The van der Waals surface area contributed by atoms with E-state index in [-0.39, 0.29) is 0 Å². The average molecular weight is 187 g/mol. The van der Waals surface area contributed by atoms with Crippen LogP contribution in [0.5, 0.6) is 0 Å². The molecule has 0 fully saturated rings. The Balaban J connectivity index is 3.53. The van der Waals surface area contributed by atoms with Crippen LogP contribution < -0.4 is 5.48 Å². The monoisotopic (exact) mass is 187 g/mol. The summed E-state index contributed by atoms with van der Waals surface area (Å²) in [5, 5.41) is 19.5. The number of hydroxylamine groups is 1. The minimum Gasteiger partial charge on any atom is -0.636 e. The predicted octanol–water partition coefficient (Wildman–Crippen LogP) is 0.935. The third-order valence-corrected chi connectivity index (χ3v) is 1.92. The first-order chi connectivity index (χ1) is 5.95. The van der Waals surface area contributed by atoms with Crippen LogP contribution in [0.25, 0.3) is 0 Å². The molecule has 3 nitrogen and oxygen atoms in total. The summed E-state index contributed by atoms with van der Waals surface area (Å²) in [4.78, 5) is 0. The molecular formula is C10H21NO2. The average Bonchev–Trinajstić information content (AvgIpc) is 1.98. The van der Waals surface area contributed by atoms with E-state index in [2.05, 4.69) is 0 Å². The summed E-state index contributed by atoms with van der Waals surface area (Å²) < 4.78 is 0. The zero-order valence-electron chi connectivity index (χ0n) is 8.84. The molecule has 0 atom stereocenters. The molecule has 0 radical (unpaired) electrons. The van der Waals surface area contributed by atoms with Crippen molar-refractivity contribution in [1.82, 2.24) is 0 Å². The van der Waals surface area contributed by atoms with E-state index in [0.29, 0.717) is 6.54 Å². The van der Waals surface area contributed by atoms with Gasteiger partial charge >= 0.3 is 0 Å². The fourth-order valence-electron chi connectivity index (χ4n) is 1.15. The van der Waals surface area contributed by atoms with Crippen LogP contribution in [0.3, 0.4) is 0 Å². The Hall–Kier alpha value is -0.380. The summed E-state index contributed by atoms with van der Waals surface area (Å²) >= 11 is 0. The second-order valence-corrected chi connectivity index (χ2v) is 4.12. The van der Waals surface area contributed by atoms with Crippen molar-refractivity contribution in [3.63, 3.8) is 0 Å². The third kappa shape index (κ3) is 9.53.